The van der Waals surface area contributed by atoms with Crippen molar-refractivity contribution in [2.75, 3.05) is 0 Å². The van der Waals surface area contributed by atoms with Crippen molar-refractivity contribution >= 4 is 65.9 Å². The maximum absolute atomic E-state index is 6.36. The Morgan fingerprint density at radius 1 is 0.561 bits per heavy atom. The fourth-order valence-electron chi connectivity index (χ4n) is 6.13. The standard InChI is InChI=1S/C36H30BNO2S/c1-35(2)36(3,4)40-37(39-35)25-11-9-10-23(20-25)24-16-18-28-27-12-5-7-14-31(27)38(32(28)21-24)26-17-19-34-30(22-26)29-13-6-8-15-33(29)41-34/h5-22H,1-4H3. The maximum Gasteiger partial charge on any atom is 0.494 e. The van der Waals surface area contributed by atoms with Gasteiger partial charge in [0.2, 0.25) is 0 Å². The van der Waals surface area contributed by atoms with Crippen LogP contribution >= 0.6 is 11.3 Å². The Kier molecular flexibility index (Phi) is 5.34. The maximum atomic E-state index is 6.36. The van der Waals surface area contributed by atoms with Crippen LogP contribution in [-0.2, 0) is 9.31 Å². The lowest BCUT2D eigenvalue weighted by molar-refractivity contribution is 0.00578. The molecule has 3 heterocycles. The fraction of sp³-hybridized carbons (Fsp3) is 0.167. The van der Waals surface area contributed by atoms with Gasteiger partial charge in [-0.1, -0.05) is 72.8 Å². The number of benzene rings is 5. The molecule has 41 heavy (non-hydrogen) atoms. The average molecular weight is 552 g/mol. The largest absolute Gasteiger partial charge is 0.494 e. The molecule has 0 spiro atoms. The zero-order chi connectivity index (χ0) is 27.9. The summed E-state index contributed by atoms with van der Waals surface area (Å²) < 4.78 is 17.8. The third-order valence-electron chi connectivity index (χ3n) is 9.04. The monoisotopic (exact) mass is 551 g/mol. The summed E-state index contributed by atoms with van der Waals surface area (Å²) in [5.41, 5.74) is 6.20. The molecule has 0 saturated carbocycles. The Morgan fingerprint density at radius 2 is 1.24 bits per heavy atom. The molecule has 5 aromatic carbocycles. The van der Waals surface area contributed by atoms with Gasteiger partial charge in [-0.25, -0.2) is 0 Å². The van der Waals surface area contributed by atoms with Crippen LogP contribution in [0.15, 0.2) is 109 Å². The second-order valence-electron chi connectivity index (χ2n) is 12.1. The number of rotatable bonds is 3. The third kappa shape index (κ3) is 3.80. The Morgan fingerprint density at radius 3 is 2.07 bits per heavy atom. The lowest BCUT2D eigenvalue weighted by Crippen LogP contribution is -2.41. The smallest absolute Gasteiger partial charge is 0.399 e. The molecule has 0 atom stereocenters. The first-order chi connectivity index (χ1) is 19.8. The van der Waals surface area contributed by atoms with Gasteiger partial charge in [0.05, 0.1) is 22.2 Å². The molecule has 3 nitrogen and oxygen atoms in total. The van der Waals surface area contributed by atoms with Gasteiger partial charge in [-0.15, -0.1) is 11.3 Å². The molecule has 1 fully saturated rings. The minimum absolute atomic E-state index is 0.373. The molecule has 2 aromatic heterocycles. The van der Waals surface area contributed by atoms with Gasteiger partial charge in [-0.3, -0.25) is 0 Å². The average Bonchev–Trinajstić information content (AvgIpc) is 3.58. The Labute approximate surface area is 244 Å². The summed E-state index contributed by atoms with van der Waals surface area (Å²) in [6.45, 7) is 8.39. The van der Waals surface area contributed by atoms with Gasteiger partial charge in [-0.2, -0.15) is 0 Å². The molecule has 0 unspecified atom stereocenters. The van der Waals surface area contributed by atoms with Crippen molar-refractivity contribution in [3.63, 3.8) is 0 Å². The van der Waals surface area contributed by atoms with Crippen LogP contribution in [0.1, 0.15) is 27.7 Å². The summed E-state index contributed by atoms with van der Waals surface area (Å²) >= 11 is 1.86. The molecule has 8 rings (SSSR count). The van der Waals surface area contributed by atoms with Gasteiger partial charge in [0.15, 0.2) is 0 Å². The van der Waals surface area contributed by atoms with Crippen LogP contribution in [0.2, 0.25) is 0 Å². The van der Waals surface area contributed by atoms with E-state index in [0.29, 0.717) is 0 Å². The topological polar surface area (TPSA) is 23.4 Å². The minimum atomic E-state index is -0.387. The molecule has 0 aliphatic carbocycles. The number of nitrogens with zero attached hydrogens (tertiary/aromatic N) is 1. The third-order valence-corrected chi connectivity index (χ3v) is 10.2. The van der Waals surface area contributed by atoms with E-state index in [9.17, 15) is 0 Å². The van der Waals surface area contributed by atoms with Crippen molar-refractivity contribution < 1.29 is 9.31 Å². The number of para-hydroxylation sites is 1. The van der Waals surface area contributed by atoms with E-state index in [2.05, 4.69) is 141 Å². The predicted molar refractivity (Wildman–Crippen MR) is 175 cm³/mol. The van der Waals surface area contributed by atoms with Gasteiger partial charge in [0, 0.05) is 36.6 Å². The number of fused-ring (bicyclic) bond motifs is 6. The lowest BCUT2D eigenvalue weighted by atomic mass is 9.78. The van der Waals surface area contributed by atoms with Crippen molar-refractivity contribution in [2.45, 2.75) is 38.9 Å². The van der Waals surface area contributed by atoms with Gasteiger partial charge in [0.25, 0.3) is 0 Å². The highest BCUT2D eigenvalue weighted by atomic mass is 32.1. The van der Waals surface area contributed by atoms with E-state index in [0.717, 1.165) is 11.0 Å². The Bertz CT molecular complexity index is 2120. The highest BCUT2D eigenvalue weighted by Crippen LogP contribution is 2.39. The van der Waals surface area contributed by atoms with E-state index in [1.165, 1.54) is 53.2 Å². The summed E-state index contributed by atoms with van der Waals surface area (Å²) in [6.07, 6.45) is 0. The van der Waals surface area contributed by atoms with Crippen LogP contribution in [0, 0.1) is 0 Å². The highest BCUT2D eigenvalue weighted by molar-refractivity contribution is 7.25. The second kappa shape index (κ2) is 8.80. The van der Waals surface area contributed by atoms with Crippen molar-refractivity contribution in [3.8, 4) is 16.8 Å². The molecular formula is C36H30BNO2S. The number of aromatic nitrogens is 1. The van der Waals surface area contributed by atoms with E-state index < -0.39 is 0 Å². The molecule has 0 radical (unpaired) electrons. The zero-order valence-corrected chi connectivity index (χ0v) is 24.5. The quantitative estimate of drug-likeness (QED) is 0.205. The van der Waals surface area contributed by atoms with Crippen molar-refractivity contribution in [2.24, 2.45) is 0 Å². The van der Waals surface area contributed by atoms with E-state index in [-0.39, 0.29) is 18.3 Å². The second-order valence-corrected chi connectivity index (χ2v) is 13.2. The van der Waals surface area contributed by atoms with Gasteiger partial charge in [0.1, 0.15) is 0 Å². The SMILES string of the molecule is CC1(C)OB(c2cccc(-c3ccc4c5ccccc5n(-c5ccc6sc7ccccc7c6c5)c4c3)c2)OC1(C)C. The molecule has 200 valence electrons. The van der Waals surface area contributed by atoms with Crippen LogP contribution in [0.4, 0.5) is 0 Å². The molecule has 0 amide bonds. The fourth-order valence-corrected chi connectivity index (χ4v) is 7.21. The molecule has 1 aliphatic heterocycles. The van der Waals surface area contributed by atoms with E-state index in [1.807, 2.05) is 11.3 Å². The first kappa shape index (κ1) is 24.9. The van der Waals surface area contributed by atoms with Crippen molar-refractivity contribution in [1.29, 1.82) is 0 Å². The molecule has 7 aromatic rings. The normalized spacial score (nSPS) is 16.4. The van der Waals surface area contributed by atoms with Crippen LogP contribution < -0.4 is 5.46 Å². The summed E-state index contributed by atoms with van der Waals surface area (Å²) in [7, 11) is -0.387. The minimum Gasteiger partial charge on any atom is -0.399 e. The van der Waals surface area contributed by atoms with Crippen LogP contribution in [0.25, 0.3) is 58.8 Å². The summed E-state index contributed by atoms with van der Waals surface area (Å²) in [5, 5.41) is 5.13. The van der Waals surface area contributed by atoms with Gasteiger partial charge < -0.3 is 13.9 Å². The molecule has 0 bridgehead atoms. The predicted octanol–water partition coefficient (Wildman–Crippen LogP) is 9.12. The number of thiophene rings is 1. The number of hydrogen-bond acceptors (Lipinski definition) is 3. The molecule has 1 aliphatic rings. The molecule has 1 saturated heterocycles. The lowest BCUT2D eigenvalue weighted by Gasteiger charge is -2.32. The van der Waals surface area contributed by atoms with Gasteiger partial charge in [-0.05, 0) is 80.7 Å². The zero-order valence-electron chi connectivity index (χ0n) is 23.6. The van der Waals surface area contributed by atoms with E-state index in [1.54, 1.807) is 0 Å². The first-order valence-electron chi connectivity index (χ1n) is 14.2. The van der Waals surface area contributed by atoms with E-state index in [4.69, 9.17) is 9.31 Å². The number of hydrogen-bond donors (Lipinski definition) is 0. The first-order valence-corrected chi connectivity index (χ1v) is 15.0. The van der Waals surface area contributed by atoms with Crippen LogP contribution in [-0.4, -0.2) is 22.9 Å². The highest BCUT2D eigenvalue weighted by Gasteiger charge is 2.51. The van der Waals surface area contributed by atoms with Crippen LogP contribution in [0.5, 0.6) is 0 Å². The Hall–Kier alpha value is -3.90. The van der Waals surface area contributed by atoms with E-state index >= 15 is 0 Å². The molecule has 5 heteroatoms. The van der Waals surface area contributed by atoms with Crippen LogP contribution in [0.3, 0.4) is 0 Å². The van der Waals surface area contributed by atoms with Crippen molar-refractivity contribution in [3.05, 3.63) is 109 Å². The summed E-state index contributed by atoms with van der Waals surface area (Å²) in [5.74, 6) is 0. The molecule has 0 N–H and O–H groups in total. The Balaban J connectivity index is 1.29. The van der Waals surface area contributed by atoms with Gasteiger partial charge >= 0.3 is 7.12 Å². The molecular weight excluding hydrogens is 521 g/mol. The summed E-state index contributed by atoms with van der Waals surface area (Å²) in [6, 6.07) is 39.7. The summed E-state index contributed by atoms with van der Waals surface area (Å²) in [4.78, 5) is 0. The van der Waals surface area contributed by atoms with Crippen molar-refractivity contribution in [1.82, 2.24) is 4.57 Å².